The Kier molecular flexibility index (Phi) is 6.27. The van der Waals surface area contributed by atoms with Crippen LogP contribution in [0.3, 0.4) is 0 Å². The molecule has 6 nitrogen and oxygen atoms in total. The predicted octanol–water partition coefficient (Wildman–Crippen LogP) is 2.08. The second kappa shape index (κ2) is 7.99. The lowest BCUT2D eigenvalue weighted by molar-refractivity contribution is -0.121. The maximum atomic E-state index is 11.8. The zero-order valence-corrected chi connectivity index (χ0v) is 14.6. The Morgan fingerprint density at radius 1 is 0.913 bits per heavy atom. The summed E-state index contributed by atoms with van der Waals surface area (Å²) in [6, 6.07) is 1.08. The monoisotopic (exact) mass is 325 g/mol. The van der Waals surface area contributed by atoms with E-state index >= 15 is 0 Å². The maximum Gasteiger partial charge on any atom is 0.407 e. The Morgan fingerprint density at radius 2 is 1.43 bits per heavy atom. The summed E-state index contributed by atoms with van der Waals surface area (Å²) >= 11 is 0. The molecule has 3 N–H and O–H groups in total. The van der Waals surface area contributed by atoms with E-state index < -0.39 is 5.60 Å². The Bertz CT molecular complexity index is 408. The van der Waals surface area contributed by atoms with Crippen molar-refractivity contribution in [1.82, 2.24) is 16.0 Å². The van der Waals surface area contributed by atoms with Crippen molar-refractivity contribution in [3.05, 3.63) is 0 Å². The van der Waals surface area contributed by atoms with Crippen LogP contribution in [0.4, 0.5) is 4.79 Å². The molecule has 2 saturated carbocycles. The van der Waals surface area contributed by atoms with Crippen LogP contribution in [-0.4, -0.2) is 42.3 Å². The van der Waals surface area contributed by atoms with Crippen LogP contribution >= 0.6 is 0 Å². The number of carbonyl (C=O) groups excluding carboxylic acids is 2. The molecule has 2 fully saturated rings. The Morgan fingerprint density at radius 3 is 2.00 bits per heavy atom. The first-order chi connectivity index (χ1) is 10.8. The molecule has 0 radical (unpaired) electrons. The third kappa shape index (κ3) is 7.68. The lowest BCUT2D eigenvalue weighted by atomic mass is 9.91. The molecule has 23 heavy (non-hydrogen) atoms. The molecule has 0 unspecified atom stereocenters. The summed E-state index contributed by atoms with van der Waals surface area (Å²) in [6.45, 7) is 6.33. The van der Waals surface area contributed by atoms with Crippen LogP contribution in [0, 0.1) is 0 Å². The van der Waals surface area contributed by atoms with Gasteiger partial charge in [0.2, 0.25) is 5.91 Å². The third-order valence-electron chi connectivity index (χ3n) is 4.18. The minimum absolute atomic E-state index is 0.153. The fourth-order valence-electron chi connectivity index (χ4n) is 2.83. The highest BCUT2D eigenvalue weighted by molar-refractivity contribution is 5.76. The highest BCUT2D eigenvalue weighted by Gasteiger charge is 2.25. The van der Waals surface area contributed by atoms with Crippen LogP contribution in [-0.2, 0) is 9.53 Å². The van der Waals surface area contributed by atoms with Gasteiger partial charge in [0.25, 0.3) is 0 Å². The van der Waals surface area contributed by atoms with Crippen molar-refractivity contribution in [3.63, 3.8) is 0 Å². The van der Waals surface area contributed by atoms with Crippen molar-refractivity contribution >= 4 is 12.0 Å². The molecule has 2 aliphatic rings. The molecule has 132 valence electrons. The molecule has 0 saturated heterocycles. The molecule has 6 heteroatoms. The highest BCUT2D eigenvalue weighted by Crippen LogP contribution is 2.20. The zero-order chi connectivity index (χ0) is 16.9. The van der Waals surface area contributed by atoms with Crippen molar-refractivity contribution in [2.45, 2.75) is 89.4 Å². The number of ether oxygens (including phenoxy) is 1. The second-order valence-corrected chi connectivity index (χ2v) is 7.74. The Labute approximate surface area is 139 Å². The summed E-state index contributed by atoms with van der Waals surface area (Å²) < 4.78 is 5.29. The molecule has 0 atom stereocenters. The standard InChI is InChI=1S/C17H31N3O3/c1-17(2,3)23-16(22)20-14-6-4-12(5-7-14)18-11-10-15(21)19-13-8-9-13/h12-14,18H,4-11H2,1-3H3,(H,19,21)(H,20,22). The van der Waals surface area contributed by atoms with Crippen LogP contribution in [0.15, 0.2) is 0 Å². The summed E-state index contributed by atoms with van der Waals surface area (Å²) in [6.07, 6.45) is 6.42. The van der Waals surface area contributed by atoms with Crippen molar-refractivity contribution < 1.29 is 14.3 Å². The van der Waals surface area contributed by atoms with Gasteiger partial charge < -0.3 is 20.7 Å². The second-order valence-electron chi connectivity index (χ2n) is 7.74. The smallest absolute Gasteiger partial charge is 0.407 e. The van der Waals surface area contributed by atoms with Crippen molar-refractivity contribution in [3.8, 4) is 0 Å². The van der Waals surface area contributed by atoms with Gasteiger partial charge in [0, 0.05) is 31.1 Å². The van der Waals surface area contributed by atoms with Gasteiger partial charge >= 0.3 is 6.09 Å². The maximum absolute atomic E-state index is 11.8. The average Bonchev–Trinajstić information content (AvgIpc) is 3.22. The molecule has 0 spiro atoms. The van der Waals surface area contributed by atoms with Crippen LogP contribution < -0.4 is 16.0 Å². The normalized spacial score (nSPS) is 24.8. The summed E-state index contributed by atoms with van der Waals surface area (Å²) in [7, 11) is 0. The fraction of sp³-hybridized carbons (Fsp3) is 0.882. The van der Waals surface area contributed by atoms with Crippen molar-refractivity contribution in [2.24, 2.45) is 0 Å². The first kappa shape index (κ1) is 18.0. The molecular formula is C17H31N3O3. The third-order valence-corrected chi connectivity index (χ3v) is 4.18. The topological polar surface area (TPSA) is 79.5 Å². The number of carbonyl (C=O) groups is 2. The zero-order valence-electron chi connectivity index (χ0n) is 14.6. The molecule has 0 aliphatic heterocycles. The number of alkyl carbamates (subject to hydrolysis) is 1. The van der Waals surface area contributed by atoms with E-state index in [4.69, 9.17) is 4.74 Å². The average molecular weight is 325 g/mol. The molecule has 0 aromatic carbocycles. The van der Waals surface area contributed by atoms with Gasteiger partial charge in [-0.05, 0) is 59.3 Å². The summed E-state index contributed by atoms with van der Waals surface area (Å²) in [5.41, 5.74) is -0.454. The van der Waals surface area contributed by atoms with Crippen LogP contribution in [0.2, 0.25) is 0 Å². The van der Waals surface area contributed by atoms with E-state index in [0.717, 1.165) is 45.1 Å². The van der Waals surface area contributed by atoms with Crippen LogP contribution in [0.25, 0.3) is 0 Å². The van der Waals surface area contributed by atoms with Crippen molar-refractivity contribution in [1.29, 1.82) is 0 Å². The van der Waals surface area contributed by atoms with Gasteiger partial charge in [0.15, 0.2) is 0 Å². The van der Waals surface area contributed by atoms with E-state index in [1.165, 1.54) is 0 Å². The minimum Gasteiger partial charge on any atom is -0.444 e. The first-order valence-corrected chi connectivity index (χ1v) is 8.84. The Hall–Kier alpha value is -1.30. The number of hydrogen-bond acceptors (Lipinski definition) is 4. The lowest BCUT2D eigenvalue weighted by Crippen LogP contribution is -2.44. The summed E-state index contributed by atoms with van der Waals surface area (Å²) in [5, 5.41) is 9.40. The molecule has 0 aromatic heterocycles. The first-order valence-electron chi connectivity index (χ1n) is 8.84. The number of hydrogen-bond donors (Lipinski definition) is 3. The highest BCUT2D eigenvalue weighted by atomic mass is 16.6. The molecule has 0 aromatic rings. The molecular weight excluding hydrogens is 294 g/mol. The van der Waals surface area contributed by atoms with Gasteiger partial charge in [0.1, 0.15) is 5.60 Å². The van der Waals surface area contributed by atoms with Gasteiger partial charge in [-0.2, -0.15) is 0 Å². The number of nitrogens with one attached hydrogen (secondary N) is 3. The van der Waals surface area contributed by atoms with E-state index in [2.05, 4.69) is 16.0 Å². The van der Waals surface area contributed by atoms with E-state index in [1.807, 2.05) is 20.8 Å². The quantitative estimate of drug-likeness (QED) is 0.698. The van der Waals surface area contributed by atoms with Gasteiger partial charge in [-0.25, -0.2) is 4.79 Å². The molecule has 2 amide bonds. The summed E-state index contributed by atoms with van der Waals surface area (Å²) in [4.78, 5) is 23.4. The largest absolute Gasteiger partial charge is 0.444 e. The van der Waals surface area contributed by atoms with E-state index in [0.29, 0.717) is 18.5 Å². The van der Waals surface area contributed by atoms with Gasteiger partial charge in [-0.3, -0.25) is 4.79 Å². The molecule has 2 rings (SSSR count). The molecule has 2 aliphatic carbocycles. The number of rotatable bonds is 6. The van der Waals surface area contributed by atoms with Gasteiger partial charge in [-0.1, -0.05) is 0 Å². The minimum atomic E-state index is -0.454. The Balaban J connectivity index is 1.54. The van der Waals surface area contributed by atoms with E-state index in [-0.39, 0.29) is 18.0 Å². The van der Waals surface area contributed by atoms with Crippen LogP contribution in [0.5, 0.6) is 0 Å². The molecule has 0 heterocycles. The number of amides is 2. The predicted molar refractivity (Wildman–Crippen MR) is 89.2 cm³/mol. The van der Waals surface area contributed by atoms with Crippen LogP contribution in [0.1, 0.15) is 65.7 Å². The fourth-order valence-corrected chi connectivity index (χ4v) is 2.83. The summed E-state index contributed by atoms with van der Waals surface area (Å²) in [5.74, 6) is 0.153. The molecule has 0 bridgehead atoms. The van der Waals surface area contributed by atoms with E-state index in [1.54, 1.807) is 0 Å². The van der Waals surface area contributed by atoms with Gasteiger partial charge in [-0.15, -0.1) is 0 Å². The van der Waals surface area contributed by atoms with Crippen molar-refractivity contribution in [2.75, 3.05) is 6.54 Å². The van der Waals surface area contributed by atoms with E-state index in [9.17, 15) is 9.59 Å². The SMILES string of the molecule is CC(C)(C)OC(=O)NC1CCC(NCCC(=O)NC2CC2)CC1. The van der Waals surface area contributed by atoms with Gasteiger partial charge in [0.05, 0.1) is 0 Å². The lowest BCUT2D eigenvalue weighted by Gasteiger charge is -2.30.